The summed E-state index contributed by atoms with van der Waals surface area (Å²) in [6.45, 7) is 0. The van der Waals surface area contributed by atoms with Crippen LogP contribution >= 0.6 is 31.9 Å². The molecule has 1 aromatic carbocycles. The fraction of sp³-hybridized carbons (Fsp3) is 0. The van der Waals surface area contributed by atoms with E-state index < -0.39 is 11.7 Å². The molecule has 0 unspecified atom stereocenters. The topological polar surface area (TPSA) is 42.0 Å². The van der Waals surface area contributed by atoms with Gasteiger partial charge in [0.05, 0.1) is 10.2 Å². The van der Waals surface area contributed by atoms with Crippen molar-refractivity contribution in [1.29, 1.82) is 0 Å². The average molecular weight is 374 g/mol. The third-order valence-corrected chi connectivity index (χ3v) is 3.46. The van der Waals surface area contributed by atoms with Gasteiger partial charge in [-0.25, -0.2) is 9.37 Å². The maximum Gasteiger partial charge on any atom is 0.255 e. The number of halogens is 3. The van der Waals surface area contributed by atoms with Crippen molar-refractivity contribution in [2.75, 3.05) is 5.32 Å². The van der Waals surface area contributed by atoms with E-state index in [2.05, 4.69) is 42.2 Å². The molecule has 2 aromatic rings. The summed E-state index contributed by atoms with van der Waals surface area (Å²) in [6.07, 6.45) is 1.60. The van der Waals surface area contributed by atoms with Crippen molar-refractivity contribution >= 4 is 43.5 Å². The first-order chi connectivity index (χ1) is 8.58. The molecule has 3 nitrogen and oxygen atoms in total. The molecule has 0 spiro atoms. The molecule has 1 N–H and O–H groups in total. The molecule has 2 rings (SSSR count). The molecule has 0 saturated carbocycles. The summed E-state index contributed by atoms with van der Waals surface area (Å²) in [5, 5.41) is 2.64. The molecule has 92 valence electrons. The van der Waals surface area contributed by atoms with E-state index in [0.29, 0.717) is 14.8 Å². The Kier molecular flexibility index (Phi) is 4.08. The van der Waals surface area contributed by atoms with E-state index >= 15 is 0 Å². The molecule has 6 heteroatoms. The van der Waals surface area contributed by atoms with Crippen LogP contribution in [0.4, 0.5) is 10.1 Å². The number of rotatable bonds is 2. The first kappa shape index (κ1) is 13.2. The maximum atomic E-state index is 13.3. The van der Waals surface area contributed by atoms with Gasteiger partial charge >= 0.3 is 0 Å². The van der Waals surface area contributed by atoms with Crippen LogP contribution in [0.25, 0.3) is 0 Å². The Morgan fingerprint density at radius 1 is 1.28 bits per heavy atom. The van der Waals surface area contributed by atoms with Crippen LogP contribution in [0.1, 0.15) is 10.4 Å². The fourth-order valence-electron chi connectivity index (χ4n) is 1.31. The van der Waals surface area contributed by atoms with Crippen LogP contribution in [0.2, 0.25) is 0 Å². The van der Waals surface area contributed by atoms with E-state index in [1.165, 1.54) is 18.2 Å². The van der Waals surface area contributed by atoms with Gasteiger partial charge in [-0.2, -0.15) is 0 Å². The highest BCUT2D eigenvalue weighted by atomic mass is 79.9. The molecule has 0 fully saturated rings. The van der Waals surface area contributed by atoms with Crippen LogP contribution in [-0.2, 0) is 0 Å². The van der Waals surface area contributed by atoms with E-state index in [1.54, 1.807) is 18.3 Å². The van der Waals surface area contributed by atoms with Gasteiger partial charge in [-0.1, -0.05) is 0 Å². The zero-order valence-electron chi connectivity index (χ0n) is 8.95. The number of benzene rings is 1. The van der Waals surface area contributed by atoms with Gasteiger partial charge in [0, 0.05) is 11.8 Å². The molecule has 1 aromatic heterocycles. The van der Waals surface area contributed by atoms with E-state index in [9.17, 15) is 9.18 Å². The molecule has 1 amide bonds. The number of nitrogens with zero attached hydrogens (tertiary/aromatic N) is 1. The molecular weight excluding hydrogens is 367 g/mol. The Morgan fingerprint density at radius 3 is 2.72 bits per heavy atom. The zero-order valence-corrected chi connectivity index (χ0v) is 12.1. The maximum absolute atomic E-state index is 13.3. The van der Waals surface area contributed by atoms with Crippen LogP contribution in [0.3, 0.4) is 0 Å². The van der Waals surface area contributed by atoms with E-state index in [0.717, 1.165) is 0 Å². The molecule has 0 aliphatic rings. The summed E-state index contributed by atoms with van der Waals surface area (Å²) in [5.74, 6) is -0.872. The van der Waals surface area contributed by atoms with Crippen molar-refractivity contribution in [3.8, 4) is 0 Å². The Balaban J connectivity index is 2.22. The number of carbonyl (C=O) groups excluding carboxylic acids is 1. The van der Waals surface area contributed by atoms with Crippen molar-refractivity contribution in [3.05, 3.63) is 57.0 Å². The van der Waals surface area contributed by atoms with Crippen LogP contribution in [0, 0.1) is 5.82 Å². The lowest BCUT2D eigenvalue weighted by Crippen LogP contribution is -2.12. The van der Waals surface area contributed by atoms with Crippen molar-refractivity contribution in [2.45, 2.75) is 0 Å². The van der Waals surface area contributed by atoms with E-state index in [4.69, 9.17) is 0 Å². The highest BCUT2D eigenvalue weighted by Crippen LogP contribution is 2.20. The highest BCUT2D eigenvalue weighted by molar-refractivity contribution is 9.10. The number of aromatic nitrogens is 1. The summed E-state index contributed by atoms with van der Waals surface area (Å²) in [7, 11) is 0. The third-order valence-electron chi connectivity index (χ3n) is 2.19. The first-order valence-electron chi connectivity index (χ1n) is 4.95. The lowest BCUT2D eigenvalue weighted by molar-refractivity contribution is 0.102. The number of hydrogen-bond acceptors (Lipinski definition) is 2. The van der Waals surface area contributed by atoms with Crippen molar-refractivity contribution in [1.82, 2.24) is 4.98 Å². The molecule has 0 radical (unpaired) electrons. The SMILES string of the molecule is O=C(Nc1cccnc1Br)c1ccc(Br)c(F)c1. The van der Waals surface area contributed by atoms with Crippen LogP contribution in [-0.4, -0.2) is 10.9 Å². The molecule has 0 saturated heterocycles. The molecule has 0 aliphatic heterocycles. The number of amides is 1. The van der Waals surface area contributed by atoms with Gasteiger partial charge in [0.2, 0.25) is 0 Å². The minimum atomic E-state index is -0.479. The Morgan fingerprint density at radius 2 is 2.06 bits per heavy atom. The van der Waals surface area contributed by atoms with Gasteiger partial charge in [0.15, 0.2) is 0 Å². The second-order valence-corrected chi connectivity index (χ2v) is 5.03. The number of anilines is 1. The van der Waals surface area contributed by atoms with Crippen LogP contribution in [0.5, 0.6) is 0 Å². The summed E-state index contributed by atoms with van der Waals surface area (Å²) in [6, 6.07) is 7.59. The molecular formula is C12H7Br2FN2O. The summed E-state index contributed by atoms with van der Waals surface area (Å²) in [4.78, 5) is 15.9. The van der Waals surface area contributed by atoms with E-state index in [-0.39, 0.29) is 5.56 Å². The highest BCUT2D eigenvalue weighted by Gasteiger charge is 2.10. The lowest BCUT2D eigenvalue weighted by Gasteiger charge is -2.06. The van der Waals surface area contributed by atoms with Gasteiger partial charge in [-0.3, -0.25) is 4.79 Å². The fourth-order valence-corrected chi connectivity index (χ4v) is 1.91. The standard InChI is InChI=1S/C12H7Br2FN2O/c13-8-4-3-7(6-9(8)15)12(18)17-10-2-1-5-16-11(10)14/h1-6H,(H,17,18). The normalized spacial score (nSPS) is 10.2. The van der Waals surface area contributed by atoms with Crippen molar-refractivity contribution < 1.29 is 9.18 Å². The average Bonchev–Trinajstić information content (AvgIpc) is 2.35. The second kappa shape index (κ2) is 5.58. The molecule has 0 aliphatic carbocycles. The minimum Gasteiger partial charge on any atom is -0.320 e. The van der Waals surface area contributed by atoms with Crippen LogP contribution < -0.4 is 5.32 Å². The summed E-state index contributed by atoms with van der Waals surface area (Å²) in [5.41, 5.74) is 0.775. The van der Waals surface area contributed by atoms with Crippen molar-refractivity contribution in [3.63, 3.8) is 0 Å². The number of pyridine rings is 1. The second-order valence-electron chi connectivity index (χ2n) is 3.42. The Bertz CT molecular complexity index is 604. The zero-order chi connectivity index (χ0) is 13.1. The summed E-state index contributed by atoms with van der Waals surface area (Å²) < 4.78 is 14.2. The number of carbonyl (C=O) groups is 1. The summed E-state index contributed by atoms with van der Waals surface area (Å²) >= 11 is 6.25. The van der Waals surface area contributed by atoms with Crippen molar-refractivity contribution in [2.24, 2.45) is 0 Å². The Labute approximate surface area is 120 Å². The quantitative estimate of drug-likeness (QED) is 0.808. The molecule has 0 atom stereocenters. The van der Waals surface area contributed by atoms with Gasteiger partial charge in [0.25, 0.3) is 5.91 Å². The van der Waals surface area contributed by atoms with Gasteiger partial charge in [-0.05, 0) is 62.2 Å². The largest absolute Gasteiger partial charge is 0.320 e. The monoisotopic (exact) mass is 372 g/mol. The van der Waals surface area contributed by atoms with E-state index in [1.807, 2.05) is 0 Å². The first-order valence-corrected chi connectivity index (χ1v) is 6.53. The predicted molar refractivity (Wildman–Crippen MR) is 74.0 cm³/mol. The number of hydrogen-bond donors (Lipinski definition) is 1. The molecule has 0 bridgehead atoms. The van der Waals surface area contributed by atoms with Gasteiger partial charge < -0.3 is 5.32 Å². The van der Waals surface area contributed by atoms with Crippen LogP contribution in [0.15, 0.2) is 45.6 Å². The number of nitrogens with one attached hydrogen (secondary N) is 1. The molecule has 18 heavy (non-hydrogen) atoms. The predicted octanol–water partition coefficient (Wildman–Crippen LogP) is 4.00. The molecule has 1 heterocycles. The van der Waals surface area contributed by atoms with Gasteiger partial charge in [0.1, 0.15) is 10.4 Å². The minimum absolute atomic E-state index is 0.242. The smallest absolute Gasteiger partial charge is 0.255 e. The lowest BCUT2D eigenvalue weighted by atomic mass is 10.2. The Hall–Kier alpha value is -1.27. The third kappa shape index (κ3) is 2.94. The van der Waals surface area contributed by atoms with Gasteiger partial charge in [-0.15, -0.1) is 0 Å².